The summed E-state index contributed by atoms with van der Waals surface area (Å²) in [5.74, 6) is 0.0961. The van der Waals surface area contributed by atoms with Crippen LogP contribution in [-0.4, -0.2) is 14.9 Å². The number of phosphoric acid groups is 1. The standard InChI is InChI=1S/C10H8NO5P.Re.Rf/c1-7-2-3-8(9-5-11-15-6-9)4-10(7)16-17(12,13)14;;/h2-4H,1H3,(H2,12,13,14);;/q-2;;. The van der Waals surface area contributed by atoms with E-state index in [4.69, 9.17) is 9.79 Å². The van der Waals surface area contributed by atoms with Crippen LogP contribution in [0.3, 0.4) is 0 Å². The Labute approximate surface area is 117 Å². The summed E-state index contributed by atoms with van der Waals surface area (Å²) in [6.45, 7) is 1.68. The zero-order valence-electron chi connectivity index (χ0n) is 9.83. The number of benzene rings is 1. The van der Waals surface area contributed by atoms with Gasteiger partial charge in [0.1, 0.15) is 5.75 Å². The second kappa shape index (κ2) is 6.28. The molecule has 0 aliphatic rings. The van der Waals surface area contributed by atoms with E-state index in [1.807, 2.05) is 0 Å². The van der Waals surface area contributed by atoms with Gasteiger partial charge in [-0.1, -0.05) is 6.07 Å². The van der Waals surface area contributed by atoms with Crippen molar-refractivity contribution in [1.29, 1.82) is 0 Å². The zero-order valence-corrected chi connectivity index (χ0v) is 19.8. The van der Waals surface area contributed by atoms with Crippen LogP contribution in [0.25, 0.3) is 11.1 Å². The second-order valence-corrected chi connectivity index (χ2v) is 4.50. The van der Waals surface area contributed by atoms with Crippen LogP contribution in [0.15, 0.2) is 22.7 Å². The number of hydrogen-bond acceptors (Lipinski definition) is 4. The summed E-state index contributed by atoms with van der Waals surface area (Å²) in [4.78, 5) is 17.5. The van der Waals surface area contributed by atoms with Gasteiger partial charge in [0.25, 0.3) is 0 Å². The average molecular weight is 706 g/mol. The molecule has 2 N–H and O–H groups in total. The molecule has 2 aromatic rings. The van der Waals surface area contributed by atoms with Gasteiger partial charge in [-0.15, -0.1) is 12.3 Å². The Hall–Kier alpha value is -1.96. The molecule has 19 heavy (non-hydrogen) atoms. The Morgan fingerprint density at radius 3 is 2.63 bits per heavy atom. The van der Waals surface area contributed by atoms with Crippen molar-refractivity contribution in [1.82, 2.24) is 5.16 Å². The Kier molecular flexibility index (Phi) is 5.63. The maximum absolute atomic E-state index is 10.8. The number of nitrogens with zero attached hydrogens (tertiary/aromatic N) is 1. The summed E-state index contributed by atoms with van der Waals surface area (Å²) in [7, 11) is -4.57. The topological polar surface area (TPSA) is 92.8 Å². The first-order valence-corrected chi connectivity index (χ1v) is 6.10. The molecule has 99 valence electrons. The molecule has 0 bridgehead atoms. The number of hydrogen-bond donors (Lipinski definition) is 2. The third-order valence-corrected chi connectivity index (χ3v) is 2.48. The van der Waals surface area contributed by atoms with E-state index in [9.17, 15) is 4.57 Å². The Bertz CT molecular complexity index is 571. The Balaban J connectivity index is 0.00000162. The van der Waals surface area contributed by atoms with Crippen LogP contribution in [0, 0.1) is 19.4 Å². The van der Waals surface area contributed by atoms with Gasteiger partial charge in [0, 0.05) is 20.4 Å². The molecule has 9 heteroatoms. The van der Waals surface area contributed by atoms with E-state index in [0.717, 1.165) is 0 Å². The predicted octanol–water partition coefficient (Wildman–Crippen LogP) is 1.72. The summed E-state index contributed by atoms with van der Waals surface area (Å²) in [5, 5.41) is 3.38. The van der Waals surface area contributed by atoms with E-state index >= 15 is 0 Å². The van der Waals surface area contributed by atoms with Gasteiger partial charge in [0.15, 0.2) is 0 Å². The summed E-state index contributed by atoms with van der Waals surface area (Å²) in [6.07, 6.45) is 5.01. The SMILES string of the molecule is Cc1ccc(-c2[c-]no[c-]2)cc1OP(=O)(O)O.[Re].[Rf]. The Morgan fingerprint density at radius 2 is 2.11 bits per heavy atom. The van der Waals surface area contributed by atoms with Crippen LogP contribution in [0.4, 0.5) is 0 Å². The zero-order chi connectivity index (χ0) is 12.5. The van der Waals surface area contributed by atoms with Crippen LogP contribution in [-0.2, 0) is 25.0 Å². The van der Waals surface area contributed by atoms with Crippen LogP contribution in [0.1, 0.15) is 5.56 Å². The van der Waals surface area contributed by atoms with Gasteiger partial charge in [-0.05, 0) is 12.5 Å². The minimum Gasteiger partial charge on any atom is -0.523 e. The average Bonchev–Trinajstić information content (AvgIpc) is 2.72. The van der Waals surface area contributed by atoms with Gasteiger partial charge < -0.3 is 14.6 Å². The first-order valence-electron chi connectivity index (χ1n) is 4.57. The van der Waals surface area contributed by atoms with Gasteiger partial charge in [-0.25, -0.2) is 16.3 Å². The largest absolute Gasteiger partial charge is 0.524 e. The first kappa shape index (κ1) is 17.0. The first-order chi connectivity index (χ1) is 7.96. The molecular weight excluding hydrogens is 698 g/mol. The second-order valence-electron chi connectivity index (χ2n) is 3.33. The van der Waals surface area contributed by atoms with Gasteiger partial charge in [0.05, 0.1) is 0 Å². The molecule has 2 rings (SSSR count). The molecule has 0 spiro atoms. The Morgan fingerprint density at radius 1 is 1.42 bits per heavy atom. The molecule has 1 radical (unpaired) electrons. The summed E-state index contributed by atoms with van der Waals surface area (Å²) in [5.41, 5.74) is 1.66. The van der Waals surface area contributed by atoms with Crippen molar-refractivity contribution >= 4 is 7.82 Å². The monoisotopic (exact) mass is 707 g/mol. The molecule has 0 aliphatic carbocycles. The van der Waals surface area contributed by atoms with Crippen LogP contribution in [0.2, 0.25) is 0 Å². The van der Waals surface area contributed by atoms with Crippen molar-refractivity contribution in [3.05, 3.63) is 36.2 Å². The van der Waals surface area contributed by atoms with E-state index in [0.29, 0.717) is 16.7 Å². The fraction of sp³-hybridized carbons (Fsp3) is 0.100. The fourth-order valence-electron chi connectivity index (χ4n) is 1.27. The molecule has 1 aromatic carbocycles. The maximum Gasteiger partial charge on any atom is 0.524 e. The minimum absolute atomic E-state index is 0. The van der Waals surface area contributed by atoms with Crippen LogP contribution >= 0.6 is 7.82 Å². The maximum atomic E-state index is 10.8. The van der Waals surface area contributed by atoms with Crippen LogP contribution in [0.5, 0.6) is 5.75 Å². The van der Waals surface area contributed by atoms with E-state index < -0.39 is 7.82 Å². The van der Waals surface area contributed by atoms with Gasteiger partial charge >= 0.3 is 7.82 Å². The van der Waals surface area contributed by atoms with E-state index in [-0.39, 0.29) is 26.2 Å². The molecular formula is C10H8NO5PReRf-2. The van der Waals surface area contributed by atoms with Crippen molar-refractivity contribution in [3.8, 4) is 16.9 Å². The molecule has 1 heterocycles. The summed E-state index contributed by atoms with van der Waals surface area (Å²) in [6, 6.07) is 4.85. The van der Waals surface area contributed by atoms with Crippen molar-refractivity contribution in [2.75, 3.05) is 0 Å². The van der Waals surface area contributed by atoms with Crippen molar-refractivity contribution < 1.29 is 43.8 Å². The van der Waals surface area contributed by atoms with E-state index in [2.05, 4.69) is 26.7 Å². The number of aryl methyl sites for hydroxylation is 1. The van der Waals surface area contributed by atoms with Crippen molar-refractivity contribution in [3.63, 3.8) is 0 Å². The number of rotatable bonds is 3. The normalized spacial score (nSPS) is 10.3. The number of phosphoric ester groups is 1. The van der Waals surface area contributed by atoms with E-state index in [1.165, 1.54) is 6.07 Å². The predicted molar refractivity (Wildman–Crippen MR) is 57.0 cm³/mol. The smallest absolute Gasteiger partial charge is 0.523 e. The molecule has 0 atom stereocenters. The van der Waals surface area contributed by atoms with Crippen molar-refractivity contribution in [2.24, 2.45) is 0 Å². The molecule has 0 fully saturated rings. The van der Waals surface area contributed by atoms with Crippen molar-refractivity contribution in [2.45, 2.75) is 6.92 Å². The molecule has 0 saturated heterocycles. The molecule has 0 unspecified atom stereocenters. The summed E-state index contributed by atoms with van der Waals surface area (Å²) >= 11 is 0. The molecule has 1 aromatic heterocycles. The third kappa shape index (κ3) is 4.33. The fourth-order valence-corrected chi connectivity index (χ4v) is 1.72. The van der Waals surface area contributed by atoms with Gasteiger partial charge in [-0.3, -0.25) is 14.9 Å². The molecule has 0 saturated carbocycles. The third-order valence-electron chi connectivity index (χ3n) is 2.04. The minimum atomic E-state index is -4.57. The molecule has 6 nitrogen and oxygen atoms in total. The van der Waals surface area contributed by atoms with Gasteiger partial charge in [-0.2, -0.15) is 6.07 Å². The van der Waals surface area contributed by atoms with Gasteiger partial charge in [0.2, 0.25) is 0 Å². The molecule has 0 amide bonds. The van der Waals surface area contributed by atoms with Crippen LogP contribution < -0.4 is 4.52 Å². The van der Waals surface area contributed by atoms with E-state index in [1.54, 1.807) is 19.1 Å². The molecule has 0 aliphatic heterocycles. The quantitative estimate of drug-likeness (QED) is 0.374. The summed E-state index contributed by atoms with van der Waals surface area (Å²) < 4.78 is 19.9. The number of aromatic nitrogens is 1.